The Morgan fingerprint density at radius 2 is 1.88 bits per heavy atom. The molecule has 6 heteroatoms. The Bertz CT molecular complexity index is 707. The number of rotatable bonds is 8. The van der Waals surface area contributed by atoms with Crippen LogP contribution in [0.25, 0.3) is 0 Å². The maximum absolute atomic E-state index is 12.3. The minimum absolute atomic E-state index is 0.185. The molecule has 1 aromatic rings. The van der Waals surface area contributed by atoms with Crippen LogP contribution in [0.4, 0.5) is 0 Å². The van der Waals surface area contributed by atoms with Gasteiger partial charge in [-0.05, 0) is 62.3 Å². The molecule has 0 saturated heterocycles. The maximum Gasteiger partial charge on any atom is 0.251 e. The van der Waals surface area contributed by atoms with E-state index in [1.165, 1.54) is 30.5 Å². The van der Waals surface area contributed by atoms with E-state index in [9.17, 15) is 13.2 Å². The highest BCUT2D eigenvalue weighted by atomic mass is 32.2. The third kappa shape index (κ3) is 6.29. The Morgan fingerprint density at radius 3 is 2.48 bits per heavy atom. The van der Waals surface area contributed by atoms with Crippen LogP contribution < -0.4 is 10.0 Å². The molecule has 5 nitrogen and oxygen atoms in total. The summed E-state index contributed by atoms with van der Waals surface area (Å²) in [4.78, 5) is 12.2. The van der Waals surface area contributed by atoms with Crippen LogP contribution in [0.2, 0.25) is 0 Å². The summed E-state index contributed by atoms with van der Waals surface area (Å²) in [5.74, 6) is 0.182. The summed E-state index contributed by atoms with van der Waals surface area (Å²) < 4.78 is 27.3. The highest BCUT2D eigenvalue weighted by molar-refractivity contribution is 7.89. The Balaban J connectivity index is 1.90. The molecule has 0 aromatic heterocycles. The van der Waals surface area contributed by atoms with Gasteiger partial charge in [-0.2, -0.15) is 0 Å². The van der Waals surface area contributed by atoms with Gasteiger partial charge in [0.25, 0.3) is 5.91 Å². The van der Waals surface area contributed by atoms with Crippen LogP contribution in [0.3, 0.4) is 0 Å². The van der Waals surface area contributed by atoms with Gasteiger partial charge in [-0.1, -0.05) is 25.5 Å². The smallest absolute Gasteiger partial charge is 0.251 e. The molecule has 1 aliphatic rings. The zero-order chi connectivity index (χ0) is 18.3. The lowest BCUT2D eigenvalue weighted by Gasteiger charge is -2.13. The summed E-state index contributed by atoms with van der Waals surface area (Å²) >= 11 is 0. The molecule has 0 radical (unpaired) electrons. The van der Waals surface area contributed by atoms with Crippen LogP contribution in [-0.2, 0) is 10.0 Å². The fourth-order valence-electron chi connectivity index (χ4n) is 2.75. The van der Waals surface area contributed by atoms with Gasteiger partial charge in [-0.25, -0.2) is 13.1 Å². The highest BCUT2D eigenvalue weighted by Crippen LogP contribution is 2.19. The van der Waals surface area contributed by atoms with Crippen molar-refractivity contribution in [2.45, 2.75) is 50.8 Å². The second kappa shape index (κ2) is 9.15. The number of sulfonamides is 1. The van der Waals surface area contributed by atoms with Gasteiger partial charge >= 0.3 is 0 Å². The molecular weight excluding hydrogens is 336 g/mol. The zero-order valence-electron chi connectivity index (χ0n) is 15.0. The third-order valence-electron chi connectivity index (χ3n) is 4.22. The minimum Gasteiger partial charge on any atom is -0.352 e. The van der Waals surface area contributed by atoms with E-state index in [2.05, 4.69) is 16.1 Å². The highest BCUT2D eigenvalue weighted by Gasteiger charge is 2.15. The van der Waals surface area contributed by atoms with Crippen molar-refractivity contribution in [1.29, 1.82) is 0 Å². The fraction of sp³-hybridized carbons (Fsp3) is 0.526. The monoisotopic (exact) mass is 364 g/mol. The summed E-state index contributed by atoms with van der Waals surface area (Å²) in [5, 5.41) is 2.82. The van der Waals surface area contributed by atoms with Gasteiger partial charge in [0, 0.05) is 18.7 Å². The molecule has 2 rings (SSSR count). The molecule has 0 fully saturated rings. The molecule has 25 heavy (non-hydrogen) atoms. The van der Waals surface area contributed by atoms with Gasteiger partial charge in [0.2, 0.25) is 10.0 Å². The number of nitrogens with one attached hydrogen (secondary N) is 2. The second-order valence-electron chi connectivity index (χ2n) is 6.88. The Morgan fingerprint density at radius 1 is 1.16 bits per heavy atom. The third-order valence-corrected chi connectivity index (χ3v) is 5.70. The first-order valence-corrected chi connectivity index (χ1v) is 10.4. The van der Waals surface area contributed by atoms with Crippen molar-refractivity contribution < 1.29 is 13.2 Å². The van der Waals surface area contributed by atoms with Crippen LogP contribution >= 0.6 is 0 Å². The van der Waals surface area contributed by atoms with Crippen LogP contribution in [0.5, 0.6) is 0 Å². The molecule has 0 atom stereocenters. The van der Waals surface area contributed by atoms with Gasteiger partial charge < -0.3 is 5.32 Å². The normalized spacial score (nSPS) is 15.1. The Hall–Kier alpha value is -1.66. The fourth-order valence-corrected chi connectivity index (χ4v) is 3.78. The summed E-state index contributed by atoms with van der Waals surface area (Å²) in [5.41, 5.74) is 1.80. The van der Waals surface area contributed by atoms with Crippen LogP contribution in [0.1, 0.15) is 56.3 Å². The Kier molecular flexibility index (Phi) is 7.20. The van der Waals surface area contributed by atoms with E-state index in [1.807, 2.05) is 13.8 Å². The lowest BCUT2D eigenvalue weighted by atomic mass is 9.97. The number of hydrogen-bond donors (Lipinski definition) is 2. The zero-order valence-corrected chi connectivity index (χ0v) is 15.9. The molecule has 1 aliphatic carbocycles. The van der Waals surface area contributed by atoms with Crippen LogP contribution in [0, 0.1) is 5.92 Å². The molecule has 138 valence electrons. The molecule has 1 amide bonds. The number of carbonyl (C=O) groups excluding carboxylic acids is 1. The Labute approximate surface area is 151 Å². The van der Waals surface area contributed by atoms with E-state index in [-0.39, 0.29) is 10.8 Å². The average molecular weight is 365 g/mol. The van der Waals surface area contributed by atoms with Crippen LogP contribution in [0.15, 0.2) is 40.8 Å². The molecule has 1 aromatic carbocycles. The van der Waals surface area contributed by atoms with E-state index >= 15 is 0 Å². The first-order valence-electron chi connectivity index (χ1n) is 8.94. The molecule has 0 unspecified atom stereocenters. The van der Waals surface area contributed by atoms with Crippen molar-refractivity contribution in [3.8, 4) is 0 Å². The SMILES string of the molecule is CC(C)CNC(=O)c1ccc(S(=O)(=O)NCCC2=CCCCC2)cc1. The van der Waals surface area contributed by atoms with Crippen molar-refractivity contribution in [3.63, 3.8) is 0 Å². The molecule has 0 spiro atoms. The maximum atomic E-state index is 12.3. The van der Waals surface area contributed by atoms with Gasteiger partial charge in [-0.3, -0.25) is 4.79 Å². The number of allylic oxidation sites excluding steroid dienone is 1. The van der Waals surface area contributed by atoms with Crippen molar-refractivity contribution >= 4 is 15.9 Å². The van der Waals surface area contributed by atoms with E-state index in [4.69, 9.17) is 0 Å². The first-order chi connectivity index (χ1) is 11.9. The van der Waals surface area contributed by atoms with E-state index < -0.39 is 10.0 Å². The van der Waals surface area contributed by atoms with E-state index in [1.54, 1.807) is 12.1 Å². The van der Waals surface area contributed by atoms with E-state index in [0.29, 0.717) is 24.6 Å². The number of hydrogen-bond acceptors (Lipinski definition) is 3. The van der Waals surface area contributed by atoms with Crippen molar-refractivity contribution in [2.24, 2.45) is 5.92 Å². The molecule has 0 heterocycles. The summed E-state index contributed by atoms with van der Waals surface area (Å²) in [6.45, 7) is 5.04. The summed E-state index contributed by atoms with van der Waals surface area (Å²) in [7, 11) is -3.54. The van der Waals surface area contributed by atoms with Gasteiger partial charge in [-0.15, -0.1) is 0 Å². The molecular formula is C19H28N2O3S. The van der Waals surface area contributed by atoms with Crippen molar-refractivity contribution in [3.05, 3.63) is 41.5 Å². The number of carbonyl (C=O) groups is 1. The number of benzene rings is 1. The van der Waals surface area contributed by atoms with Gasteiger partial charge in [0.1, 0.15) is 0 Å². The van der Waals surface area contributed by atoms with Crippen molar-refractivity contribution in [2.75, 3.05) is 13.1 Å². The lowest BCUT2D eigenvalue weighted by molar-refractivity contribution is 0.0949. The predicted molar refractivity (Wildman–Crippen MR) is 100.0 cm³/mol. The summed E-state index contributed by atoms with van der Waals surface area (Å²) in [6, 6.07) is 6.06. The summed E-state index contributed by atoms with van der Waals surface area (Å²) in [6.07, 6.45) is 7.58. The first kappa shape index (κ1) is 19.7. The van der Waals surface area contributed by atoms with Crippen LogP contribution in [-0.4, -0.2) is 27.4 Å². The molecule has 0 saturated carbocycles. The average Bonchev–Trinajstić information content (AvgIpc) is 2.60. The largest absolute Gasteiger partial charge is 0.352 e. The van der Waals surface area contributed by atoms with Crippen molar-refractivity contribution in [1.82, 2.24) is 10.0 Å². The second-order valence-corrected chi connectivity index (χ2v) is 8.65. The van der Waals surface area contributed by atoms with Gasteiger partial charge in [0.05, 0.1) is 4.90 Å². The lowest BCUT2D eigenvalue weighted by Crippen LogP contribution is -2.27. The minimum atomic E-state index is -3.54. The standard InChI is InChI=1S/C19H28N2O3S/c1-15(2)14-20-19(22)17-8-10-18(11-9-17)25(23,24)21-13-12-16-6-4-3-5-7-16/h6,8-11,15,21H,3-5,7,12-14H2,1-2H3,(H,20,22). The van der Waals surface area contributed by atoms with Gasteiger partial charge in [0.15, 0.2) is 0 Å². The quantitative estimate of drug-likeness (QED) is 0.695. The predicted octanol–water partition coefficient (Wildman–Crippen LogP) is 3.24. The molecule has 0 aliphatic heterocycles. The number of amides is 1. The topological polar surface area (TPSA) is 75.3 Å². The molecule has 0 bridgehead atoms. The molecule has 2 N–H and O–H groups in total. The van der Waals surface area contributed by atoms with E-state index in [0.717, 1.165) is 19.3 Å².